The second-order valence-electron chi connectivity index (χ2n) is 8.32. The van der Waals surface area contributed by atoms with Gasteiger partial charge in [-0.15, -0.1) is 0 Å². The molecule has 24 heavy (non-hydrogen) atoms. The largest absolute Gasteiger partial charge is 0.0713 e. The van der Waals surface area contributed by atoms with Crippen LogP contribution in [-0.4, -0.2) is 8.80 Å². The van der Waals surface area contributed by atoms with Crippen molar-refractivity contribution in [3.8, 4) is 0 Å². The van der Waals surface area contributed by atoms with E-state index in [1.807, 2.05) is 0 Å². The summed E-state index contributed by atoms with van der Waals surface area (Å²) in [6.45, 7) is 7.19. The monoisotopic (exact) mass is 353 g/mol. The lowest BCUT2D eigenvalue weighted by atomic mass is 10.0. The van der Waals surface area contributed by atoms with E-state index in [2.05, 4.69) is 20.0 Å². The Morgan fingerprint density at radius 2 is 0.625 bits per heavy atom. The summed E-state index contributed by atoms with van der Waals surface area (Å²) in [6.07, 6.45) is 28.2. The summed E-state index contributed by atoms with van der Waals surface area (Å²) in [7, 11) is 0.0431. The van der Waals surface area contributed by atoms with Crippen LogP contribution in [0.15, 0.2) is 0 Å². The van der Waals surface area contributed by atoms with Crippen LogP contribution in [0.1, 0.15) is 129 Å². The molecule has 0 nitrogen and oxygen atoms in total. The van der Waals surface area contributed by atoms with Crippen LogP contribution in [0, 0.1) is 0 Å². The maximum atomic E-state index is 2.44. The van der Waals surface area contributed by atoms with Crippen LogP contribution in [0.3, 0.4) is 0 Å². The van der Waals surface area contributed by atoms with Crippen molar-refractivity contribution in [3.63, 3.8) is 0 Å². The van der Waals surface area contributed by atoms with E-state index in [-0.39, 0.29) is 8.80 Å². The van der Waals surface area contributed by atoms with Gasteiger partial charge in [-0.3, -0.25) is 0 Å². The zero-order valence-corrected chi connectivity index (χ0v) is 18.6. The molecule has 0 aliphatic carbocycles. The summed E-state index contributed by atoms with van der Waals surface area (Å²) in [4.78, 5) is 0. The zero-order valence-electron chi connectivity index (χ0n) is 17.6. The Kier molecular flexibility index (Phi) is 21.5. The first-order valence-corrected chi connectivity index (χ1v) is 14.3. The minimum Gasteiger partial charge on any atom is -0.0713 e. The Balaban J connectivity index is 2.95. The second kappa shape index (κ2) is 21.3. The first-order chi connectivity index (χ1) is 11.8. The molecule has 145 valence electrons. The minimum absolute atomic E-state index is 0.0431. The Labute approximate surface area is 157 Å². The van der Waals surface area contributed by atoms with E-state index in [4.69, 9.17) is 0 Å². The van der Waals surface area contributed by atoms with Crippen molar-refractivity contribution in [2.75, 3.05) is 0 Å². The molecule has 0 bridgehead atoms. The number of hydrogen-bond donors (Lipinski definition) is 0. The Morgan fingerprint density at radius 3 is 0.875 bits per heavy atom. The van der Waals surface area contributed by atoms with Gasteiger partial charge in [0.05, 0.1) is 0 Å². The molecule has 1 radical (unpaired) electrons. The van der Waals surface area contributed by atoms with Gasteiger partial charge < -0.3 is 0 Å². The lowest BCUT2D eigenvalue weighted by Gasteiger charge is -2.04. The molecule has 0 aliphatic heterocycles. The van der Waals surface area contributed by atoms with Gasteiger partial charge >= 0.3 is 0 Å². The molecule has 0 rings (SSSR count). The normalized spacial score (nSPS) is 11.5. The fraction of sp³-hybridized carbons (Fsp3) is 1.00. The van der Waals surface area contributed by atoms with Crippen LogP contribution >= 0.6 is 0 Å². The fourth-order valence-electron chi connectivity index (χ4n) is 3.56. The quantitative estimate of drug-likeness (QED) is 0.151. The lowest BCUT2D eigenvalue weighted by Crippen LogP contribution is -1.97. The summed E-state index contributed by atoms with van der Waals surface area (Å²) in [5, 5.41) is 0. The molecule has 0 saturated heterocycles. The SMILES string of the molecule is CCCCCCCCCCCCCCCCCCCCC[Si](C)C. The Bertz CT molecular complexity index is 212. The van der Waals surface area contributed by atoms with Gasteiger partial charge in [0, 0.05) is 8.80 Å². The van der Waals surface area contributed by atoms with Crippen molar-refractivity contribution in [2.24, 2.45) is 0 Å². The van der Waals surface area contributed by atoms with Gasteiger partial charge in [-0.05, 0) is 0 Å². The van der Waals surface area contributed by atoms with Gasteiger partial charge in [0.15, 0.2) is 0 Å². The summed E-state index contributed by atoms with van der Waals surface area (Å²) in [6, 6.07) is 1.53. The number of hydrogen-bond acceptors (Lipinski definition) is 0. The summed E-state index contributed by atoms with van der Waals surface area (Å²) < 4.78 is 0. The third-order valence-corrected chi connectivity index (χ3v) is 6.63. The summed E-state index contributed by atoms with van der Waals surface area (Å²) in [5.41, 5.74) is 0. The van der Waals surface area contributed by atoms with Gasteiger partial charge in [-0.25, -0.2) is 0 Å². The molecule has 0 amide bonds. The van der Waals surface area contributed by atoms with Crippen molar-refractivity contribution < 1.29 is 0 Å². The molecule has 0 spiro atoms. The average Bonchev–Trinajstić information content (AvgIpc) is 2.56. The smallest absolute Gasteiger partial charge is 0.0412 e. The fourth-order valence-corrected chi connectivity index (χ4v) is 4.51. The predicted molar refractivity (Wildman–Crippen MR) is 116 cm³/mol. The van der Waals surface area contributed by atoms with Crippen LogP contribution in [0.4, 0.5) is 0 Å². The second-order valence-corrected chi connectivity index (χ2v) is 11.2. The molecule has 0 heterocycles. The molecule has 0 fully saturated rings. The minimum atomic E-state index is 0.0431. The van der Waals surface area contributed by atoms with E-state index >= 15 is 0 Å². The first-order valence-electron chi connectivity index (χ1n) is 11.6. The lowest BCUT2D eigenvalue weighted by molar-refractivity contribution is 0.524. The highest BCUT2D eigenvalue weighted by molar-refractivity contribution is 6.55. The van der Waals surface area contributed by atoms with Crippen molar-refractivity contribution in [2.45, 2.75) is 148 Å². The summed E-state index contributed by atoms with van der Waals surface area (Å²) in [5.74, 6) is 0. The van der Waals surface area contributed by atoms with Gasteiger partial charge in [0.1, 0.15) is 0 Å². The van der Waals surface area contributed by atoms with Gasteiger partial charge in [0.2, 0.25) is 0 Å². The average molecular weight is 354 g/mol. The Hall–Kier alpha value is 0.217. The Morgan fingerprint density at radius 1 is 0.375 bits per heavy atom. The third-order valence-electron chi connectivity index (χ3n) is 5.28. The summed E-state index contributed by atoms with van der Waals surface area (Å²) >= 11 is 0. The molecule has 0 N–H and O–H groups in total. The molecule has 0 unspecified atom stereocenters. The van der Waals surface area contributed by atoms with Gasteiger partial charge in [-0.2, -0.15) is 0 Å². The molecular weight excluding hydrogens is 304 g/mol. The van der Waals surface area contributed by atoms with E-state index in [1.165, 1.54) is 128 Å². The molecular formula is C23H49Si. The van der Waals surface area contributed by atoms with Crippen LogP contribution < -0.4 is 0 Å². The van der Waals surface area contributed by atoms with Crippen LogP contribution in [-0.2, 0) is 0 Å². The molecule has 0 aromatic carbocycles. The molecule has 0 aromatic heterocycles. The predicted octanol–water partition coefficient (Wildman–Crippen LogP) is 9.17. The first kappa shape index (κ1) is 24.2. The standard InChI is InChI=1S/C23H49Si/c1-4-5-6-7-8-9-10-11-12-13-14-15-16-17-18-19-20-21-22-23-24(2)3/h4-23H2,1-3H3. The molecule has 1 heteroatoms. The van der Waals surface area contributed by atoms with Crippen LogP contribution in [0.5, 0.6) is 0 Å². The molecule has 0 saturated carbocycles. The molecule has 0 aromatic rings. The van der Waals surface area contributed by atoms with E-state index in [9.17, 15) is 0 Å². The maximum absolute atomic E-state index is 2.44. The third kappa shape index (κ3) is 22.2. The van der Waals surface area contributed by atoms with Crippen molar-refractivity contribution in [1.82, 2.24) is 0 Å². The van der Waals surface area contributed by atoms with Gasteiger partial charge in [-0.1, -0.05) is 148 Å². The van der Waals surface area contributed by atoms with E-state index in [0.717, 1.165) is 0 Å². The highest BCUT2D eigenvalue weighted by Crippen LogP contribution is 2.15. The van der Waals surface area contributed by atoms with Gasteiger partial charge in [0.25, 0.3) is 0 Å². The van der Waals surface area contributed by atoms with Crippen molar-refractivity contribution in [3.05, 3.63) is 0 Å². The highest BCUT2D eigenvalue weighted by atomic mass is 28.3. The topological polar surface area (TPSA) is 0 Å². The highest BCUT2D eigenvalue weighted by Gasteiger charge is 1.97. The number of rotatable bonds is 20. The maximum Gasteiger partial charge on any atom is 0.0412 e. The van der Waals surface area contributed by atoms with Crippen molar-refractivity contribution in [1.29, 1.82) is 0 Å². The van der Waals surface area contributed by atoms with E-state index in [0.29, 0.717) is 0 Å². The molecule has 0 aliphatic rings. The molecule has 0 atom stereocenters. The van der Waals surface area contributed by atoms with Crippen molar-refractivity contribution >= 4 is 8.80 Å². The number of unbranched alkanes of at least 4 members (excludes halogenated alkanes) is 18. The van der Waals surface area contributed by atoms with Crippen LogP contribution in [0.2, 0.25) is 19.1 Å². The van der Waals surface area contributed by atoms with E-state index in [1.54, 1.807) is 0 Å². The van der Waals surface area contributed by atoms with E-state index < -0.39 is 0 Å². The zero-order chi connectivity index (χ0) is 17.7. The van der Waals surface area contributed by atoms with Crippen LogP contribution in [0.25, 0.3) is 0 Å².